The molecular weight excluding hydrogens is 308 g/mol. The van der Waals surface area contributed by atoms with E-state index in [1.807, 2.05) is 25.1 Å². The molecule has 0 atom stereocenters. The van der Waals surface area contributed by atoms with Crippen LogP contribution in [0, 0.1) is 0 Å². The van der Waals surface area contributed by atoms with Gasteiger partial charge in [-0.2, -0.15) is 0 Å². The predicted octanol–water partition coefficient (Wildman–Crippen LogP) is 3.16. The summed E-state index contributed by atoms with van der Waals surface area (Å²) < 4.78 is 27.3. The first-order chi connectivity index (χ1) is 9.96. The summed E-state index contributed by atoms with van der Waals surface area (Å²) >= 11 is 5.95. The summed E-state index contributed by atoms with van der Waals surface area (Å²) in [6.07, 6.45) is 0.841. The van der Waals surface area contributed by atoms with Gasteiger partial charge in [-0.15, -0.1) is 0 Å². The normalized spacial score (nSPS) is 11.4. The van der Waals surface area contributed by atoms with Gasteiger partial charge in [0.05, 0.1) is 4.90 Å². The topological polar surface area (TPSA) is 72.2 Å². The molecule has 0 saturated heterocycles. The zero-order valence-corrected chi connectivity index (χ0v) is 13.2. The van der Waals surface area contributed by atoms with Crippen LogP contribution in [0.2, 0.25) is 5.02 Å². The van der Waals surface area contributed by atoms with Crippen molar-refractivity contribution >= 4 is 27.3 Å². The summed E-state index contributed by atoms with van der Waals surface area (Å²) in [5.74, 6) is 0. The van der Waals surface area contributed by atoms with Gasteiger partial charge in [0.15, 0.2) is 0 Å². The number of hydrogen-bond acceptors (Lipinski definition) is 3. The molecule has 0 unspecified atom stereocenters. The SMILES string of the molecule is CCc1cccc(NS(=O)(=O)c2ccc(Cl)c(CN)c2)c1. The minimum absolute atomic E-state index is 0.147. The van der Waals surface area contributed by atoms with Gasteiger partial charge >= 0.3 is 0 Å². The molecule has 0 aromatic heterocycles. The van der Waals surface area contributed by atoms with Crippen LogP contribution >= 0.6 is 11.6 Å². The van der Waals surface area contributed by atoms with Crippen LogP contribution in [0.3, 0.4) is 0 Å². The summed E-state index contributed by atoms with van der Waals surface area (Å²) in [6, 6.07) is 11.8. The Balaban J connectivity index is 2.33. The van der Waals surface area contributed by atoms with Crippen LogP contribution in [0.5, 0.6) is 0 Å². The Labute approximate surface area is 130 Å². The van der Waals surface area contributed by atoms with E-state index in [-0.39, 0.29) is 11.4 Å². The van der Waals surface area contributed by atoms with Gasteiger partial charge in [0.1, 0.15) is 0 Å². The molecule has 2 rings (SSSR count). The molecule has 0 saturated carbocycles. The van der Waals surface area contributed by atoms with Crippen molar-refractivity contribution in [1.82, 2.24) is 0 Å². The summed E-state index contributed by atoms with van der Waals surface area (Å²) in [7, 11) is -3.65. The van der Waals surface area contributed by atoms with E-state index in [9.17, 15) is 8.42 Å². The van der Waals surface area contributed by atoms with Crippen LogP contribution in [0.1, 0.15) is 18.1 Å². The van der Waals surface area contributed by atoms with Crippen LogP contribution in [-0.4, -0.2) is 8.42 Å². The Kier molecular flexibility index (Phi) is 4.88. The van der Waals surface area contributed by atoms with Gasteiger partial charge in [0.2, 0.25) is 0 Å². The molecule has 0 fully saturated rings. The lowest BCUT2D eigenvalue weighted by Crippen LogP contribution is -2.13. The van der Waals surface area contributed by atoms with Gasteiger partial charge in [-0.25, -0.2) is 8.42 Å². The smallest absolute Gasteiger partial charge is 0.261 e. The average molecular weight is 325 g/mol. The molecule has 0 aliphatic rings. The van der Waals surface area contributed by atoms with E-state index in [1.54, 1.807) is 12.1 Å². The number of nitrogens with one attached hydrogen (secondary N) is 1. The minimum Gasteiger partial charge on any atom is -0.326 e. The second-order valence-corrected chi connectivity index (χ2v) is 6.71. The quantitative estimate of drug-likeness (QED) is 0.887. The highest BCUT2D eigenvalue weighted by atomic mass is 35.5. The standard InChI is InChI=1S/C15H17ClN2O2S/c1-2-11-4-3-5-13(8-11)18-21(19,20)14-6-7-15(16)12(9-14)10-17/h3-9,18H,2,10,17H2,1H3. The molecule has 0 heterocycles. The van der Waals surface area contributed by atoms with E-state index in [2.05, 4.69) is 4.72 Å². The fourth-order valence-electron chi connectivity index (χ4n) is 1.94. The fraction of sp³-hybridized carbons (Fsp3) is 0.200. The summed E-state index contributed by atoms with van der Waals surface area (Å²) in [6.45, 7) is 2.20. The average Bonchev–Trinajstić information content (AvgIpc) is 2.47. The van der Waals surface area contributed by atoms with E-state index < -0.39 is 10.0 Å². The number of benzene rings is 2. The fourth-order valence-corrected chi connectivity index (χ4v) is 3.24. The molecule has 0 radical (unpaired) electrons. The molecule has 0 spiro atoms. The predicted molar refractivity (Wildman–Crippen MR) is 86.0 cm³/mol. The molecule has 0 bridgehead atoms. The lowest BCUT2D eigenvalue weighted by atomic mass is 10.1. The van der Waals surface area contributed by atoms with Crippen molar-refractivity contribution < 1.29 is 8.42 Å². The highest BCUT2D eigenvalue weighted by Crippen LogP contribution is 2.22. The lowest BCUT2D eigenvalue weighted by Gasteiger charge is -2.10. The van der Waals surface area contributed by atoms with Gasteiger partial charge in [0, 0.05) is 17.3 Å². The van der Waals surface area contributed by atoms with Crippen molar-refractivity contribution in [2.24, 2.45) is 5.73 Å². The van der Waals surface area contributed by atoms with Crippen LogP contribution in [-0.2, 0) is 23.0 Å². The number of sulfonamides is 1. The largest absolute Gasteiger partial charge is 0.326 e. The molecule has 0 aliphatic heterocycles. The number of rotatable bonds is 5. The van der Waals surface area contributed by atoms with E-state index >= 15 is 0 Å². The number of nitrogens with two attached hydrogens (primary N) is 1. The Hall–Kier alpha value is -1.56. The Bertz CT molecular complexity index is 745. The molecule has 112 valence electrons. The maximum atomic E-state index is 12.4. The molecule has 4 nitrogen and oxygen atoms in total. The maximum absolute atomic E-state index is 12.4. The molecule has 6 heteroatoms. The molecule has 3 N–H and O–H groups in total. The minimum atomic E-state index is -3.65. The van der Waals surface area contributed by atoms with Gasteiger partial charge in [-0.1, -0.05) is 30.7 Å². The molecule has 0 aliphatic carbocycles. The number of aryl methyl sites for hydroxylation is 1. The van der Waals surface area contributed by atoms with Crippen LogP contribution < -0.4 is 10.5 Å². The van der Waals surface area contributed by atoms with Gasteiger partial charge < -0.3 is 5.73 Å². The van der Waals surface area contributed by atoms with Crippen LogP contribution in [0.15, 0.2) is 47.4 Å². The van der Waals surface area contributed by atoms with Crippen molar-refractivity contribution in [3.8, 4) is 0 Å². The highest BCUT2D eigenvalue weighted by Gasteiger charge is 2.15. The van der Waals surface area contributed by atoms with Crippen LogP contribution in [0.4, 0.5) is 5.69 Å². The van der Waals surface area contributed by atoms with Crippen molar-refractivity contribution in [2.45, 2.75) is 24.8 Å². The maximum Gasteiger partial charge on any atom is 0.261 e. The first-order valence-corrected chi connectivity index (χ1v) is 8.42. The Morgan fingerprint density at radius 1 is 1.19 bits per heavy atom. The first kappa shape index (κ1) is 15.8. The van der Waals surface area contributed by atoms with E-state index in [0.29, 0.717) is 16.3 Å². The second kappa shape index (κ2) is 6.47. The zero-order chi connectivity index (χ0) is 15.5. The van der Waals surface area contributed by atoms with E-state index in [4.69, 9.17) is 17.3 Å². The summed E-state index contributed by atoms with van der Waals surface area (Å²) in [5, 5.41) is 0.462. The van der Waals surface area contributed by atoms with Crippen LogP contribution in [0.25, 0.3) is 0 Å². The summed E-state index contributed by atoms with van der Waals surface area (Å²) in [4.78, 5) is 0.147. The molecular formula is C15H17ClN2O2S. The Morgan fingerprint density at radius 2 is 1.95 bits per heavy atom. The molecule has 0 amide bonds. The lowest BCUT2D eigenvalue weighted by molar-refractivity contribution is 0.601. The van der Waals surface area contributed by atoms with Crippen molar-refractivity contribution in [2.75, 3.05) is 4.72 Å². The highest BCUT2D eigenvalue weighted by molar-refractivity contribution is 7.92. The molecule has 2 aromatic rings. The van der Waals surface area contributed by atoms with Gasteiger partial charge in [-0.05, 0) is 47.9 Å². The molecule has 2 aromatic carbocycles. The summed E-state index contributed by atoms with van der Waals surface area (Å²) in [5.41, 5.74) is 7.76. The van der Waals surface area contributed by atoms with Crippen molar-refractivity contribution in [1.29, 1.82) is 0 Å². The van der Waals surface area contributed by atoms with E-state index in [1.165, 1.54) is 12.1 Å². The zero-order valence-electron chi connectivity index (χ0n) is 11.6. The van der Waals surface area contributed by atoms with Gasteiger partial charge in [0.25, 0.3) is 10.0 Å². The van der Waals surface area contributed by atoms with Gasteiger partial charge in [-0.3, -0.25) is 4.72 Å². The Morgan fingerprint density at radius 3 is 2.62 bits per heavy atom. The number of halogens is 1. The third-order valence-corrected chi connectivity index (χ3v) is 4.88. The molecule has 21 heavy (non-hydrogen) atoms. The number of anilines is 1. The third kappa shape index (κ3) is 3.75. The third-order valence-electron chi connectivity index (χ3n) is 3.13. The van der Waals surface area contributed by atoms with E-state index in [0.717, 1.165) is 12.0 Å². The number of hydrogen-bond donors (Lipinski definition) is 2. The van der Waals surface area contributed by atoms with Crippen molar-refractivity contribution in [3.63, 3.8) is 0 Å². The first-order valence-electron chi connectivity index (χ1n) is 6.56. The second-order valence-electron chi connectivity index (χ2n) is 4.62. The van der Waals surface area contributed by atoms with Crippen molar-refractivity contribution in [3.05, 3.63) is 58.6 Å². The monoisotopic (exact) mass is 324 g/mol.